The third-order valence-corrected chi connectivity index (χ3v) is 4.40. The van der Waals surface area contributed by atoms with Gasteiger partial charge in [-0.15, -0.1) is 0 Å². The number of allylic oxidation sites excluding steroid dienone is 2. The Balaban J connectivity index is 1.74. The van der Waals surface area contributed by atoms with Crippen LogP contribution in [0.2, 0.25) is 0 Å². The lowest BCUT2D eigenvalue weighted by atomic mass is 10.2. The molecule has 0 radical (unpaired) electrons. The Morgan fingerprint density at radius 1 is 0.769 bits per heavy atom. The van der Waals surface area contributed by atoms with E-state index in [2.05, 4.69) is 0 Å². The summed E-state index contributed by atoms with van der Waals surface area (Å²) in [4.78, 5) is 12.2. The van der Waals surface area contributed by atoms with Crippen molar-refractivity contribution in [3.63, 3.8) is 0 Å². The zero-order valence-corrected chi connectivity index (χ0v) is 15.2. The van der Waals surface area contributed by atoms with E-state index in [-0.39, 0.29) is 5.56 Å². The van der Waals surface area contributed by atoms with Crippen LogP contribution in [-0.4, -0.2) is 9.13 Å². The number of aromatic nitrogens is 2. The van der Waals surface area contributed by atoms with Gasteiger partial charge in [-0.25, -0.2) is 0 Å². The lowest BCUT2D eigenvalue weighted by Crippen LogP contribution is -2.23. The van der Waals surface area contributed by atoms with Gasteiger partial charge < -0.3 is 4.57 Å². The number of rotatable bonds is 6. The summed E-state index contributed by atoms with van der Waals surface area (Å²) in [5.41, 5.74) is 2.15. The van der Waals surface area contributed by atoms with E-state index in [4.69, 9.17) is 12.2 Å². The topological polar surface area (TPSA) is 26.9 Å². The Labute approximate surface area is 158 Å². The van der Waals surface area contributed by atoms with Gasteiger partial charge >= 0.3 is 0 Å². The minimum atomic E-state index is -0.0870. The molecular formula is C22H20N2OS. The summed E-state index contributed by atoms with van der Waals surface area (Å²) in [5.74, 6) is 0. The van der Waals surface area contributed by atoms with Crippen LogP contribution < -0.4 is 5.56 Å². The normalized spacial score (nSPS) is 11.4. The first-order valence-electron chi connectivity index (χ1n) is 8.47. The van der Waals surface area contributed by atoms with Crippen molar-refractivity contribution in [2.75, 3.05) is 0 Å². The van der Waals surface area contributed by atoms with Gasteiger partial charge in [-0.1, -0.05) is 85.0 Å². The lowest BCUT2D eigenvalue weighted by Gasteiger charge is -2.08. The van der Waals surface area contributed by atoms with Gasteiger partial charge in [0.05, 0.1) is 0 Å². The summed E-state index contributed by atoms with van der Waals surface area (Å²) in [5, 5.41) is 0. The molecule has 1 aromatic heterocycles. The Morgan fingerprint density at radius 2 is 1.31 bits per heavy atom. The zero-order chi connectivity index (χ0) is 18.2. The summed E-state index contributed by atoms with van der Waals surface area (Å²) in [6, 6.07) is 21.6. The van der Waals surface area contributed by atoms with Crippen molar-refractivity contribution < 1.29 is 0 Å². The first-order chi connectivity index (χ1) is 12.7. The Bertz CT molecular complexity index is 1020. The average Bonchev–Trinajstić information content (AvgIpc) is 2.68. The van der Waals surface area contributed by atoms with Crippen LogP contribution in [0.15, 0.2) is 89.9 Å². The van der Waals surface area contributed by atoms with E-state index < -0.39 is 0 Å². The smallest absolute Gasteiger partial charge is 0.254 e. The maximum Gasteiger partial charge on any atom is 0.254 e. The van der Waals surface area contributed by atoms with E-state index in [0.717, 1.165) is 11.1 Å². The van der Waals surface area contributed by atoms with E-state index in [1.165, 1.54) is 0 Å². The fraction of sp³-hybridized carbons (Fsp3) is 0.0909. The number of nitrogens with zero attached hydrogens (tertiary/aromatic N) is 2. The summed E-state index contributed by atoms with van der Waals surface area (Å²) in [7, 11) is 0. The standard InChI is InChI=1S/C22H20N2OS/c25-21-15-18-23(16-7-13-19-9-3-1-4-10-19)22(26)24(21)17-8-14-20-11-5-2-6-12-20/h1-15,18H,16-17H2/b13-7+,14-8+. The molecule has 0 saturated carbocycles. The van der Waals surface area contributed by atoms with Crippen LogP contribution in [-0.2, 0) is 13.1 Å². The van der Waals surface area contributed by atoms with Crippen LogP contribution in [0, 0.1) is 4.77 Å². The van der Waals surface area contributed by atoms with Crippen LogP contribution in [0.5, 0.6) is 0 Å². The molecule has 0 atom stereocenters. The molecule has 2 aromatic carbocycles. The second-order valence-corrected chi connectivity index (χ2v) is 6.19. The highest BCUT2D eigenvalue weighted by molar-refractivity contribution is 7.71. The first kappa shape index (κ1) is 17.8. The predicted octanol–water partition coefficient (Wildman–Crippen LogP) is 4.81. The molecule has 26 heavy (non-hydrogen) atoms. The van der Waals surface area contributed by atoms with E-state index in [1.807, 2.05) is 89.5 Å². The van der Waals surface area contributed by atoms with Gasteiger partial charge in [-0.2, -0.15) is 0 Å². The number of benzene rings is 2. The van der Waals surface area contributed by atoms with Gasteiger partial charge in [0, 0.05) is 25.4 Å². The molecule has 4 heteroatoms. The minimum Gasteiger partial charge on any atom is -0.321 e. The van der Waals surface area contributed by atoms with Crippen LogP contribution in [0.1, 0.15) is 11.1 Å². The summed E-state index contributed by atoms with van der Waals surface area (Å²) in [6.07, 6.45) is 9.79. The highest BCUT2D eigenvalue weighted by atomic mass is 32.1. The first-order valence-corrected chi connectivity index (χ1v) is 8.88. The van der Waals surface area contributed by atoms with E-state index in [0.29, 0.717) is 17.9 Å². The van der Waals surface area contributed by atoms with Gasteiger partial charge in [0.15, 0.2) is 4.77 Å². The third kappa shape index (κ3) is 4.77. The molecule has 0 spiro atoms. The van der Waals surface area contributed by atoms with Gasteiger partial charge in [0.2, 0.25) is 0 Å². The van der Waals surface area contributed by atoms with Gasteiger partial charge in [-0.05, 0) is 23.3 Å². The summed E-state index contributed by atoms with van der Waals surface area (Å²) < 4.78 is 4.02. The molecular weight excluding hydrogens is 340 g/mol. The van der Waals surface area contributed by atoms with E-state index in [9.17, 15) is 4.79 Å². The SMILES string of the molecule is O=c1ccn(C/C=C/c2ccccc2)c(=S)n1C/C=C/c1ccccc1. The quantitative estimate of drug-likeness (QED) is 0.590. The van der Waals surface area contributed by atoms with E-state index in [1.54, 1.807) is 16.8 Å². The second kappa shape index (κ2) is 8.92. The molecule has 0 aliphatic heterocycles. The fourth-order valence-corrected chi connectivity index (χ4v) is 2.89. The van der Waals surface area contributed by atoms with Crippen molar-refractivity contribution >= 4 is 24.4 Å². The van der Waals surface area contributed by atoms with Crippen LogP contribution in [0.3, 0.4) is 0 Å². The van der Waals surface area contributed by atoms with Crippen LogP contribution >= 0.6 is 12.2 Å². The molecule has 0 bridgehead atoms. The molecule has 0 N–H and O–H groups in total. The van der Waals surface area contributed by atoms with Crippen molar-refractivity contribution in [2.24, 2.45) is 0 Å². The molecule has 0 aliphatic rings. The van der Waals surface area contributed by atoms with Crippen LogP contribution in [0.4, 0.5) is 0 Å². The Kier molecular flexibility index (Phi) is 6.12. The minimum absolute atomic E-state index is 0.0870. The Hall–Kier alpha value is -2.98. The highest BCUT2D eigenvalue weighted by Crippen LogP contribution is 2.03. The molecule has 3 nitrogen and oxygen atoms in total. The summed E-state index contributed by atoms with van der Waals surface area (Å²) >= 11 is 5.50. The van der Waals surface area contributed by atoms with Crippen molar-refractivity contribution in [3.8, 4) is 0 Å². The lowest BCUT2D eigenvalue weighted by molar-refractivity contribution is 0.653. The molecule has 0 amide bonds. The fourth-order valence-electron chi connectivity index (χ4n) is 2.59. The zero-order valence-electron chi connectivity index (χ0n) is 14.4. The van der Waals surface area contributed by atoms with Crippen molar-refractivity contribution in [2.45, 2.75) is 13.1 Å². The monoisotopic (exact) mass is 360 g/mol. The molecule has 1 heterocycles. The second-order valence-electron chi connectivity index (χ2n) is 5.83. The van der Waals surface area contributed by atoms with Gasteiger partial charge in [0.1, 0.15) is 0 Å². The van der Waals surface area contributed by atoms with Gasteiger partial charge in [0.25, 0.3) is 5.56 Å². The van der Waals surface area contributed by atoms with Crippen molar-refractivity contribution in [1.82, 2.24) is 9.13 Å². The molecule has 130 valence electrons. The molecule has 3 rings (SSSR count). The molecule has 0 unspecified atom stereocenters. The average molecular weight is 360 g/mol. The molecule has 0 saturated heterocycles. The van der Waals surface area contributed by atoms with E-state index >= 15 is 0 Å². The van der Waals surface area contributed by atoms with Crippen molar-refractivity contribution in [3.05, 3.63) is 111 Å². The molecule has 3 aromatic rings. The highest BCUT2D eigenvalue weighted by Gasteiger charge is 1.99. The predicted molar refractivity (Wildman–Crippen MR) is 110 cm³/mol. The Morgan fingerprint density at radius 3 is 1.88 bits per heavy atom. The van der Waals surface area contributed by atoms with Gasteiger partial charge in [-0.3, -0.25) is 9.36 Å². The maximum atomic E-state index is 12.2. The summed E-state index contributed by atoms with van der Waals surface area (Å²) in [6.45, 7) is 1.08. The maximum absolute atomic E-state index is 12.2. The van der Waals surface area contributed by atoms with Crippen molar-refractivity contribution in [1.29, 1.82) is 0 Å². The number of hydrogen-bond acceptors (Lipinski definition) is 2. The molecule has 0 fully saturated rings. The largest absolute Gasteiger partial charge is 0.321 e. The molecule has 0 aliphatic carbocycles. The van der Waals surface area contributed by atoms with Crippen LogP contribution in [0.25, 0.3) is 12.2 Å². The number of hydrogen-bond donors (Lipinski definition) is 0. The third-order valence-electron chi connectivity index (χ3n) is 3.95.